The third-order valence-corrected chi connectivity index (χ3v) is 2.41. The molecule has 0 saturated heterocycles. The van der Waals surface area contributed by atoms with Crippen molar-refractivity contribution in [3.8, 4) is 12.3 Å². The van der Waals surface area contributed by atoms with Gasteiger partial charge >= 0.3 is 4.84 Å². The highest BCUT2D eigenvalue weighted by Gasteiger charge is 2.02. The van der Waals surface area contributed by atoms with Crippen LogP contribution in [0.1, 0.15) is 39.4 Å². The van der Waals surface area contributed by atoms with Crippen LogP contribution >= 0.6 is 12.2 Å². The molecule has 1 heterocycles. The van der Waals surface area contributed by atoms with E-state index in [1.54, 1.807) is 0 Å². The van der Waals surface area contributed by atoms with Crippen LogP contribution in [0.3, 0.4) is 0 Å². The third-order valence-electron chi connectivity index (χ3n) is 2.23. The standard InChI is InChI=1S/C7H8N2OS.C6H13NO/c1-3-5(2)4-6-8-7(11)10-9-6;1-5(2)3-4-6(7)8/h1,5H,4H2,2H3,(H,8,9,11);5H,3-4H2,1-2H3,(H2,7,8). The minimum atomic E-state index is -0.196. The van der Waals surface area contributed by atoms with Crippen LogP contribution in [0.4, 0.5) is 0 Å². The van der Waals surface area contributed by atoms with Crippen LogP contribution in [-0.2, 0) is 11.2 Å². The van der Waals surface area contributed by atoms with Crippen molar-refractivity contribution in [2.24, 2.45) is 17.6 Å². The van der Waals surface area contributed by atoms with Crippen molar-refractivity contribution in [2.45, 2.75) is 40.0 Å². The largest absolute Gasteiger partial charge is 0.370 e. The molecule has 0 aliphatic carbocycles. The van der Waals surface area contributed by atoms with E-state index in [1.165, 1.54) is 0 Å². The molecule has 1 atom stereocenters. The SMILES string of the molecule is C#CC(C)Cc1nc(=S)o[nH]1.CC(C)CCC(N)=O. The van der Waals surface area contributed by atoms with Gasteiger partial charge in [-0.15, -0.1) is 12.3 Å². The van der Waals surface area contributed by atoms with Gasteiger partial charge in [0, 0.05) is 18.8 Å². The molecule has 0 radical (unpaired) electrons. The van der Waals surface area contributed by atoms with Crippen molar-refractivity contribution in [3.05, 3.63) is 10.7 Å². The number of amides is 1. The van der Waals surface area contributed by atoms with Crippen LogP contribution in [0.5, 0.6) is 0 Å². The summed E-state index contributed by atoms with van der Waals surface area (Å²) in [4.78, 5) is 14.2. The number of carbonyl (C=O) groups is 1. The molecule has 1 aromatic rings. The Kier molecular flexibility index (Phi) is 8.55. The molecule has 5 nitrogen and oxygen atoms in total. The molecule has 6 heteroatoms. The predicted octanol–water partition coefficient (Wildman–Crippen LogP) is 2.45. The second-order valence-corrected chi connectivity index (χ2v) is 5.05. The molecular weight excluding hydrogens is 262 g/mol. The lowest BCUT2D eigenvalue weighted by molar-refractivity contribution is -0.118. The van der Waals surface area contributed by atoms with Crippen molar-refractivity contribution in [2.75, 3.05) is 0 Å². The Morgan fingerprint density at radius 2 is 2.21 bits per heavy atom. The molecule has 1 rings (SSSR count). The zero-order valence-corrected chi connectivity index (χ0v) is 12.4. The minimum absolute atomic E-state index is 0.158. The number of aromatic nitrogens is 2. The van der Waals surface area contributed by atoms with Crippen molar-refractivity contribution in [3.63, 3.8) is 0 Å². The molecule has 1 aromatic heterocycles. The summed E-state index contributed by atoms with van der Waals surface area (Å²) in [6, 6.07) is 0. The monoisotopic (exact) mass is 283 g/mol. The van der Waals surface area contributed by atoms with Gasteiger partial charge in [-0.05, 0) is 24.6 Å². The normalized spacial score (nSPS) is 11.3. The molecule has 0 fully saturated rings. The van der Waals surface area contributed by atoms with Gasteiger partial charge in [0.15, 0.2) is 0 Å². The molecule has 0 spiro atoms. The summed E-state index contributed by atoms with van der Waals surface area (Å²) in [6.45, 7) is 6.08. The minimum Gasteiger partial charge on any atom is -0.370 e. The summed E-state index contributed by atoms with van der Waals surface area (Å²) in [5.41, 5.74) is 4.90. The highest BCUT2D eigenvalue weighted by Crippen LogP contribution is 2.02. The maximum absolute atomic E-state index is 10.1. The van der Waals surface area contributed by atoms with Gasteiger partial charge in [-0.1, -0.05) is 20.8 Å². The van der Waals surface area contributed by atoms with Crippen molar-refractivity contribution < 1.29 is 9.32 Å². The van der Waals surface area contributed by atoms with E-state index in [-0.39, 0.29) is 16.7 Å². The molecule has 19 heavy (non-hydrogen) atoms. The van der Waals surface area contributed by atoms with Gasteiger partial charge in [-0.25, -0.2) is 5.16 Å². The molecule has 0 saturated carbocycles. The predicted molar refractivity (Wildman–Crippen MR) is 76.7 cm³/mol. The van der Waals surface area contributed by atoms with Gasteiger partial charge in [0.25, 0.3) is 0 Å². The lowest BCUT2D eigenvalue weighted by Crippen LogP contribution is -2.10. The second-order valence-electron chi connectivity index (χ2n) is 4.70. The number of terminal acetylenes is 1. The molecule has 0 aromatic carbocycles. The molecule has 1 unspecified atom stereocenters. The van der Waals surface area contributed by atoms with Crippen LogP contribution in [0.2, 0.25) is 0 Å². The van der Waals surface area contributed by atoms with E-state index in [2.05, 4.69) is 42.1 Å². The highest BCUT2D eigenvalue weighted by atomic mass is 32.1. The van der Waals surface area contributed by atoms with Crippen LogP contribution < -0.4 is 5.73 Å². The summed E-state index contributed by atoms with van der Waals surface area (Å²) >= 11 is 4.66. The van der Waals surface area contributed by atoms with E-state index >= 15 is 0 Å². The number of nitrogens with two attached hydrogens (primary N) is 1. The van der Waals surface area contributed by atoms with Crippen molar-refractivity contribution in [1.29, 1.82) is 0 Å². The van der Waals surface area contributed by atoms with E-state index in [1.807, 2.05) is 6.92 Å². The lowest BCUT2D eigenvalue weighted by atomic mass is 10.1. The fraction of sp³-hybridized carbons (Fsp3) is 0.615. The van der Waals surface area contributed by atoms with Gasteiger partial charge in [-0.2, -0.15) is 4.98 Å². The first-order valence-corrected chi connectivity index (χ1v) is 6.54. The Labute approximate surface area is 118 Å². The number of nitrogens with zero attached hydrogens (tertiary/aromatic N) is 1. The molecule has 0 aliphatic heterocycles. The third kappa shape index (κ3) is 10.0. The Hall–Kier alpha value is -1.61. The Bertz CT molecular complexity index is 471. The summed E-state index contributed by atoms with van der Waals surface area (Å²) in [6.07, 6.45) is 7.29. The van der Waals surface area contributed by atoms with Crippen LogP contribution in [0, 0.1) is 29.0 Å². The number of carbonyl (C=O) groups excluding carboxylic acids is 1. The summed E-state index contributed by atoms with van der Waals surface area (Å²) in [5.74, 6) is 3.84. The zero-order chi connectivity index (χ0) is 14.8. The van der Waals surface area contributed by atoms with Gasteiger partial charge in [0.1, 0.15) is 5.82 Å². The number of nitrogens with one attached hydrogen (secondary N) is 1. The van der Waals surface area contributed by atoms with E-state index in [0.29, 0.717) is 24.6 Å². The van der Waals surface area contributed by atoms with Gasteiger partial charge < -0.3 is 10.3 Å². The first-order chi connectivity index (χ1) is 8.85. The first-order valence-electron chi connectivity index (χ1n) is 6.14. The number of primary amides is 1. The van der Waals surface area contributed by atoms with Gasteiger partial charge in [0.2, 0.25) is 5.91 Å². The lowest BCUT2D eigenvalue weighted by Gasteiger charge is -1.98. The van der Waals surface area contributed by atoms with E-state index in [4.69, 9.17) is 16.7 Å². The van der Waals surface area contributed by atoms with Crippen LogP contribution in [0.15, 0.2) is 4.52 Å². The van der Waals surface area contributed by atoms with Crippen LogP contribution in [-0.4, -0.2) is 16.0 Å². The summed E-state index contributed by atoms with van der Waals surface area (Å²) < 4.78 is 4.72. The molecule has 106 valence electrons. The van der Waals surface area contributed by atoms with Crippen LogP contribution in [0.25, 0.3) is 0 Å². The average Bonchev–Trinajstić information content (AvgIpc) is 2.73. The fourth-order valence-electron chi connectivity index (χ4n) is 1.13. The molecule has 0 aliphatic rings. The second kappa shape index (κ2) is 9.34. The molecule has 1 amide bonds. The molecular formula is C13H21N3O2S. The number of rotatable bonds is 5. The van der Waals surface area contributed by atoms with Gasteiger partial charge in [0.05, 0.1) is 0 Å². The maximum atomic E-state index is 10.1. The Morgan fingerprint density at radius 3 is 2.53 bits per heavy atom. The zero-order valence-electron chi connectivity index (χ0n) is 11.6. The smallest absolute Gasteiger partial charge is 0.314 e. The first kappa shape index (κ1) is 17.4. The van der Waals surface area contributed by atoms with E-state index in [0.717, 1.165) is 6.42 Å². The topological polar surface area (TPSA) is 84.9 Å². The summed E-state index contributed by atoms with van der Waals surface area (Å²) in [7, 11) is 0. The van der Waals surface area contributed by atoms with E-state index < -0.39 is 0 Å². The fourth-order valence-corrected chi connectivity index (χ4v) is 1.28. The van der Waals surface area contributed by atoms with E-state index in [9.17, 15) is 4.79 Å². The maximum Gasteiger partial charge on any atom is 0.314 e. The van der Waals surface area contributed by atoms with Crippen molar-refractivity contribution >= 4 is 18.1 Å². The number of hydrogen-bond donors (Lipinski definition) is 2. The Balaban J connectivity index is 0.000000362. The molecule has 0 bridgehead atoms. The highest BCUT2D eigenvalue weighted by molar-refractivity contribution is 7.71. The number of hydrogen-bond acceptors (Lipinski definition) is 4. The van der Waals surface area contributed by atoms with Crippen molar-refractivity contribution in [1.82, 2.24) is 10.1 Å². The molecule has 3 N–H and O–H groups in total. The summed E-state index contributed by atoms with van der Waals surface area (Å²) in [5, 5.41) is 2.58. The number of H-pyrrole nitrogens is 1. The quantitative estimate of drug-likeness (QED) is 0.642. The van der Waals surface area contributed by atoms with Gasteiger partial charge in [-0.3, -0.25) is 4.79 Å². The average molecular weight is 283 g/mol. The number of aromatic amines is 1. The Morgan fingerprint density at radius 1 is 1.58 bits per heavy atom.